The normalized spacial score (nSPS) is 11.3. The SMILES string of the molecule is COc1ccc(-c2nnn[nH]2)cc1OCCCCOc1ccc(C(=O)CC(C)(C)C)c(O)c1C. The largest absolute Gasteiger partial charge is 0.507 e. The molecule has 1 aromatic heterocycles. The molecule has 0 aliphatic rings. The van der Waals surface area contributed by atoms with E-state index >= 15 is 0 Å². The molecule has 0 saturated carbocycles. The van der Waals surface area contributed by atoms with E-state index in [0.29, 0.717) is 53.8 Å². The van der Waals surface area contributed by atoms with Crippen molar-refractivity contribution in [2.45, 2.75) is 47.0 Å². The number of ether oxygens (including phenoxy) is 3. The standard InChI is InChI=1S/C25H32N4O5/c1-16-20(11-9-18(23(16)31)19(30)15-25(2,3)4)33-12-6-7-13-34-22-14-17(8-10-21(22)32-5)24-26-28-29-27-24/h8-11,14,31H,6-7,12-13,15H2,1-5H3,(H,26,27,28,29). The van der Waals surface area contributed by atoms with Crippen LogP contribution in [0.3, 0.4) is 0 Å². The van der Waals surface area contributed by atoms with E-state index in [1.807, 2.05) is 32.9 Å². The average molecular weight is 469 g/mol. The van der Waals surface area contributed by atoms with Crippen molar-refractivity contribution in [3.05, 3.63) is 41.5 Å². The first-order valence-electron chi connectivity index (χ1n) is 11.2. The average Bonchev–Trinajstić information content (AvgIpc) is 3.32. The molecule has 0 radical (unpaired) electrons. The van der Waals surface area contributed by atoms with E-state index in [9.17, 15) is 9.90 Å². The van der Waals surface area contributed by atoms with Crippen molar-refractivity contribution in [2.75, 3.05) is 20.3 Å². The summed E-state index contributed by atoms with van der Waals surface area (Å²) < 4.78 is 17.1. The molecule has 0 aliphatic carbocycles. The van der Waals surface area contributed by atoms with Crippen molar-refractivity contribution >= 4 is 5.78 Å². The number of phenols is 1. The number of hydrogen-bond donors (Lipinski definition) is 2. The van der Waals surface area contributed by atoms with E-state index in [1.54, 1.807) is 32.2 Å². The maximum atomic E-state index is 12.5. The fraction of sp³-hybridized carbons (Fsp3) is 0.440. The maximum Gasteiger partial charge on any atom is 0.179 e. The van der Waals surface area contributed by atoms with Gasteiger partial charge in [0.2, 0.25) is 0 Å². The lowest BCUT2D eigenvalue weighted by atomic mass is 9.87. The van der Waals surface area contributed by atoms with Gasteiger partial charge in [-0.3, -0.25) is 4.79 Å². The Kier molecular flexibility index (Phi) is 8.09. The molecule has 0 atom stereocenters. The number of carbonyl (C=O) groups excluding carboxylic acids is 1. The van der Waals surface area contributed by atoms with E-state index in [1.165, 1.54) is 0 Å². The summed E-state index contributed by atoms with van der Waals surface area (Å²) in [5.74, 6) is 2.26. The van der Waals surface area contributed by atoms with Gasteiger partial charge in [0.15, 0.2) is 23.1 Å². The summed E-state index contributed by atoms with van der Waals surface area (Å²) in [6.45, 7) is 8.68. The van der Waals surface area contributed by atoms with E-state index in [2.05, 4.69) is 20.6 Å². The van der Waals surface area contributed by atoms with Crippen LogP contribution in [-0.2, 0) is 0 Å². The van der Waals surface area contributed by atoms with Gasteiger partial charge in [-0.25, -0.2) is 5.10 Å². The fourth-order valence-corrected chi connectivity index (χ4v) is 3.43. The molecule has 0 unspecified atom stereocenters. The Bertz CT molecular complexity index is 1110. The van der Waals surface area contributed by atoms with Gasteiger partial charge < -0.3 is 19.3 Å². The van der Waals surface area contributed by atoms with Crippen LogP contribution in [0, 0.1) is 12.3 Å². The molecule has 3 aromatic rings. The van der Waals surface area contributed by atoms with Crippen LogP contribution in [-0.4, -0.2) is 51.8 Å². The summed E-state index contributed by atoms with van der Waals surface area (Å²) >= 11 is 0. The Balaban J connectivity index is 1.50. The first kappa shape index (κ1) is 25.0. The first-order valence-corrected chi connectivity index (χ1v) is 11.2. The van der Waals surface area contributed by atoms with Crippen molar-refractivity contribution in [3.8, 4) is 34.4 Å². The van der Waals surface area contributed by atoms with Gasteiger partial charge in [0.25, 0.3) is 0 Å². The van der Waals surface area contributed by atoms with Crippen molar-refractivity contribution < 1.29 is 24.1 Å². The van der Waals surface area contributed by atoms with Crippen LogP contribution < -0.4 is 14.2 Å². The highest BCUT2D eigenvalue weighted by Gasteiger charge is 2.21. The van der Waals surface area contributed by atoms with Crippen LogP contribution in [0.4, 0.5) is 0 Å². The van der Waals surface area contributed by atoms with Gasteiger partial charge in [-0.05, 0) is 65.9 Å². The number of unbranched alkanes of at least 4 members (excludes halogenated alkanes) is 1. The number of tetrazole rings is 1. The molecule has 0 saturated heterocycles. The van der Waals surface area contributed by atoms with E-state index in [0.717, 1.165) is 18.4 Å². The van der Waals surface area contributed by atoms with Crippen LogP contribution in [0.5, 0.6) is 23.0 Å². The second-order valence-corrected chi connectivity index (χ2v) is 9.27. The van der Waals surface area contributed by atoms with Gasteiger partial charge in [0.1, 0.15) is 11.5 Å². The number of H-pyrrole nitrogens is 1. The smallest absolute Gasteiger partial charge is 0.179 e. The van der Waals surface area contributed by atoms with Gasteiger partial charge in [-0.1, -0.05) is 20.8 Å². The third-order valence-electron chi connectivity index (χ3n) is 5.21. The lowest BCUT2D eigenvalue weighted by Crippen LogP contribution is -2.13. The predicted molar refractivity (Wildman–Crippen MR) is 128 cm³/mol. The topological polar surface area (TPSA) is 119 Å². The monoisotopic (exact) mass is 468 g/mol. The van der Waals surface area contributed by atoms with Crippen molar-refractivity contribution in [1.82, 2.24) is 20.6 Å². The van der Waals surface area contributed by atoms with Crippen LogP contribution in [0.15, 0.2) is 30.3 Å². The minimum atomic E-state index is -0.146. The van der Waals surface area contributed by atoms with Gasteiger partial charge in [0.05, 0.1) is 25.9 Å². The van der Waals surface area contributed by atoms with E-state index in [4.69, 9.17) is 14.2 Å². The van der Waals surface area contributed by atoms with Gasteiger partial charge in [0, 0.05) is 17.5 Å². The molecule has 0 fully saturated rings. The molecule has 182 valence electrons. The zero-order valence-corrected chi connectivity index (χ0v) is 20.3. The van der Waals surface area contributed by atoms with Crippen LogP contribution >= 0.6 is 0 Å². The summed E-state index contributed by atoms with van der Waals surface area (Å²) in [7, 11) is 1.59. The Labute approximate surface area is 199 Å². The number of nitrogens with one attached hydrogen (secondary N) is 1. The number of methoxy groups -OCH3 is 1. The number of nitrogens with zero attached hydrogens (tertiary/aromatic N) is 3. The number of aromatic amines is 1. The van der Waals surface area contributed by atoms with Crippen LogP contribution in [0.2, 0.25) is 0 Å². The first-order chi connectivity index (χ1) is 16.2. The predicted octanol–water partition coefficient (Wildman–Crippen LogP) is 4.75. The number of ketones is 1. The molecule has 9 heteroatoms. The number of carbonyl (C=O) groups is 1. The molecule has 0 amide bonds. The lowest BCUT2D eigenvalue weighted by molar-refractivity contribution is 0.0937. The molecule has 0 bridgehead atoms. The molecule has 3 rings (SSSR count). The lowest BCUT2D eigenvalue weighted by Gasteiger charge is -2.18. The van der Waals surface area contributed by atoms with Gasteiger partial charge >= 0.3 is 0 Å². The highest BCUT2D eigenvalue weighted by Crippen LogP contribution is 2.34. The minimum Gasteiger partial charge on any atom is -0.507 e. The molecular weight excluding hydrogens is 436 g/mol. The third kappa shape index (κ3) is 6.46. The highest BCUT2D eigenvalue weighted by molar-refractivity contribution is 5.99. The number of aromatic nitrogens is 4. The number of phenolic OH excluding ortho intramolecular Hbond substituents is 1. The summed E-state index contributed by atoms with van der Waals surface area (Å²) in [6.07, 6.45) is 1.87. The van der Waals surface area contributed by atoms with E-state index in [-0.39, 0.29) is 16.9 Å². The summed E-state index contributed by atoms with van der Waals surface area (Å²) in [5, 5.41) is 24.3. The molecular formula is C25H32N4O5. The van der Waals surface area contributed by atoms with Crippen LogP contribution in [0.25, 0.3) is 11.4 Å². The Morgan fingerprint density at radius 3 is 2.32 bits per heavy atom. The molecule has 2 aromatic carbocycles. The quantitative estimate of drug-likeness (QED) is 0.306. The number of rotatable bonds is 11. The third-order valence-corrected chi connectivity index (χ3v) is 5.21. The Hall–Kier alpha value is -3.62. The summed E-state index contributed by atoms with van der Waals surface area (Å²) in [4.78, 5) is 12.5. The van der Waals surface area contributed by atoms with Crippen molar-refractivity contribution in [1.29, 1.82) is 0 Å². The molecule has 0 spiro atoms. The highest BCUT2D eigenvalue weighted by atomic mass is 16.5. The number of benzene rings is 2. The minimum absolute atomic E-state index is 0.0102. The number of aromatic hydroxyl groups is 1. The number of Topliss-reactive ketones (excluding diaryl/α,β-unsaturated/α-hetero) is 1. The van der Waals surface area contributed by atoms with Crippen LogP contribution in [0.1, 0.15) is 56.0 Å². The summed E-state index contributed by atoms with van der Waals surface area (Å²) in [6, 6.07) is 8.86. The van der Waals surface area contributed by atoms with Crippen molar-refractivity contribution in [3.63, 3.8) is 0 Å². The Morgan fingerprint density at radius 1 is 1.03 bits per heavy atom. The Morgan fingerprint density at radius 2 is 1.71 bits per heavy atom. The second-order valence-electron chi connectivity index (χ2n) is 9.27. The maximum absolute atomic E-state index is 12.5. The van der Waals surface area contributed by atoms with Gasteiger partial charge in [-0.2, -0.15) is 0 Å². The zero-order valence-electron chi connectivity index (χ0n) is 20.3. The van der Waals surface area contributed by atoms with E-state index < -0.39 is 0 Å². The molecule has 1 heterocycles. The molecule has 9 nitrogen and oxygen atoms in total. The summed E-state index contributed by atoms with van der Waals surface area (Å²) in [5.41, 5.74) is 1.56. The number of hydrogen-bond acceptors (Lipinski definition) is 8. The van der Waals surface area contributed by atoms with Gasteiger partial charge in [-0.15, -0.1) is 5.10 Å². The molecule has 0 aliphatic heterocycles. The fourth-order valence-electron chi connectivity index (χ4n) is 3.43. The molecule has 34 heavy (non-hydrogen) atoms. The zero-order chi connectivity index (χ0) is 24.7. The molecule has 2 N–H and O–H groups in total. The van der Waals surface area contributed by atoms with Crippen molar-refractivity contribution in [2.24, 2.45) is 5.41 Å². The second kappa shape index (κ2) is 11.0.